The smallest absolute Gasteiger partial charge is 0.254 e. The average Bonchev–Trinajstić information content (AvgIpc) is 2.59. The molecule has 2 amide bonds. The topological polar surface area (TPSA) is 67.4 Å². The van der Waals surface area contributed by atoms with E-state index in [2.05, 4.69) is 10.6 Å². The van der Waals surface area contributed by atoms with Gasteiger partial charge in [0.05, 0.1) is 18.6 Å². The monoisotopic (exact) mass is 348 g/mol. The van der Waals surface area contributed by atoms with Crippen molar-refractivity contribution in [2.24, 2.45) is 0 Å². The number of halogens is 2. The van der Waals surface area contributed by atoms with E-state index in [0.717, 1.165) is 12.1 Å². The summed E-state index contributed by atoms with van der Waals surface area (Å²) in [5.74, 6) is -1.89. The van der Waals surface area contributed by atoms with E-state index in [0.29, 0.717) is 11.8 Å². The van der Waals surface area contributed by atoms with Crippen LogP contribution in [0.5, 0.6) is 5.75 Å². The summed E-state index contributed by atoms with van der Waals surface area (Å²) >= 11 is 0. The van der Waals surface area contributed by atoms with Crippen molar-refractivity contribution in [1.82, 2.24) is 10.6 Å². The lowest BCUT2D eigenvalue weighted by molar-refractivity contribution is -0.121. The summed E-state index contributed by atoms with van der Waals surface area (Å²) in [4.78, 5) is 23.4. The maximum absolute atomic E-state index is 13.4. The zero-order chi connectivity index (χ0) is 18.1. The first-order valence-corrected chi connectivity index (χ1v) is 7.74. The van der Waals surface area contributed by atoms with Gasteiger partial charge in [0.1, 0.15) is 17.4 Å². The first kappa shape index (κ1) is 18.4. The molecule has 2 aromatic carbocycles. The van der Waals surface area contributed by atoms with Gasteiger partial charge in [-0.05, 0) is 24.3 Å². The molecule has 0 spiro atoms. The van der Waals surface area contributed by atoms with Crippen LogP contribution in [-0.2, 0) is 4.79 Å². The van der Waals surface area contributed by atoms with Crippen molar-refractivity contribution in [3.8, 4) is 5.75 Å². The van der Waals surface area contributed by atoms with Gasteiger partial charge in [-0.25, -0.2) is 8.78 Å². The fourth-order valence-electron chi connectivity index (χ4n) is 2.01. The molecule has 0 saturated carbocycles. The first-order chi connectivity index (χ1) is 12.1. The van der Waals surface area contributed by atoms with Crippen LogP contribution in [-0.4, -0.2) is 31.5 Å². The highest BCUT2D eigenvalue weighted by atomic mass is 19.1. The Hall–Kier alpha value is -2.96. The lowest BCUT2D eigenvalue weighted by Gasteiger charge is -2.09. The number of hydrogen-bond donors (Lipinski definition) is 2. The predicted molar refractivity (Wildman–Crippen MR) is 88.3 cm³/mol. The molecule has 0 aliphatic carbocycles. The standard InChI is InChI=1S/C18H18F2N2O3/c19-13-6-7-15(16(20)12-13)18(24)22-10-9-21-17(23)8-11-25-14-4-2-1-3-5-14/h1-7,12H,8-11H2,(H,21,23)(H,22,24). The van der Waals surface area contributed by atoms with Gasteiger partial charge in [0, 0.05) is 19.2 Å². The van der Waals surface area contributed by atoms with Crippen LogP contribution in [0.4, 0.5) is 8.78 Å². The molecule has 0 radical (unpaired) electrons. The van der Waals surface area contributed by atoms with Gasteiger partial charge in [-0.1, -0.05) is 18.2 Å². The van der Waals surface area contributed by atoms with E-state index in [1.807, 2.05) is 18.2 Å². The van der Waals surface area contributed by atoms with Gasteiger partial charge in [0.15, 0.2) is 0 Å². The second-order valence-electron chi connectivity index (χ2n) is 5.14. The second kappa shape index (κ2) is 9.36. The fraction of sp³-hybridized carbons (Fsp3) is 0.222. The van der Waals surface area contributed by atoms with Crippen molar-refractivity contribution >= 4 is 11.8 Å². The van der Waals surface area contributed by atoms with Crippen LogP contribution in [0.1, 0.15) is 16.8 Å². The molecule has 0 saturated heterocycles. The Kier molecular flexibility index (Phi) is 6.88. The number of rotatable bonds is 8. The number of hydrogen-bond acceptors (Lipinski definition) is 3. The Morgan fingerprint density at radius 2 is 1.68 bits per heavy atom. The van der Waals surface area contributed by atoms with E-state index < -0.39 is 17.5 Å². The van der Waals surface area contributed by atoms with Crippen molar-refractivity contribution in [3.63, 3.8) is 0 Å². The minimum atomic E-state index is -0.931. The molecule has 5 nitrogen and oxygen atoms in total. The first-order valence-electron chi connectivity index (χ1n) is 7.74. The van der Waals surface area contributed by atoms with E-state index in [-0.39, 0.29) is 37.6 Å². The molecular weight excluding hydrogens is 330 g/mol. The SMILES string of the molecule is O=C(CCOc1ccccc1)NCCNC(=O)c1ccc(F)cc1F. The third-order valence-corrected chi connectivity index (χ3v) is 3.25. The van der Waals surface area contributed by atoms with Gasteiger partial charge in [-0.2, -0.15) is 0 Å². The van der Waals surface area contributed by atoms with Crippen molar-refractivity contribution < 1.29 is 23.1 Å². The molecule has 0 heterocycles. The quantitative estimate of drug-likeness (QED) is 0.719. The molecule has 2 aromatic rings. The minimum Gasteiger partial charge on any atom is -0.493 e. The molecule has 132 valence electrons. The van der Waals surface area contributed by atoms with E-state index in [9.17, 15) is 18.4 Å². The van der Waals surface area contributed by atoms with E-state index >= 15 is 0 Å². The van der Waals surface area contributed by atoms with Gasteiger partial charge < -0.3 is 15.4 Å². The number of benzene rings is 2. The van der Waals surface area contributed by atoms with Gasteiger partial charge >= 0.3 is 0 Å². The molecule has 2 N–H and O–H groups in total. The Morgan fingerprint density at radius 1 is 0.960 bits per heavy atom. The zero-order valence-electron chi connectivity index (χ0n) is 13.4. The minimum absolute atomic E-state index is 0.126. The van der Waals surface area contributed by atoms with Gasteiger partial charge in [0.2, 0.25) is 5.91 Å². The molecule has 0 fully saturated rings. The highest BCUT2D eigenvalue weighted by Gasteiger charge is 2.11. The zero-order valence-corrected chi connectivity index (χ0v) is 13.4. The second-order valence-corrected chi connectivity index (χ2v) is 5.14. The Bertz CT molecular complexity index is 724. The molecule has 0 aliphatic rings. The van der Waals surface area contributed by atoms with Crippen LogP contribution in [0.3, 0.4) is 0 Å². The molecule has 0 unspecified atom stereocenters. The summed E-state index contributed by atoms with van der Waals surface area (Å²) in [5.41, 5.74) is -0.246. The van der Waals surface area contributed by atoms with Crippen molar-refractivity contribution in [3.05, 3.63) is 65.7 Å². The van der Waals surface area contributed by atoms with Gasteiger partial charge in [-0.15, -0.1) is 0 Å². The summed E-state index contributed by atoms with van der Waals surface area (Å²) < 4.78 is 31.6. The molecule has 0 bridgehead atoms. The van der Waals surface area contributed by atoms with E-state index in [4.69, 9.17) is 4.74 Å². The summed E-state index contributed by atoms with van der Waals surface area (Å²) in [5, 5.41) is 5.06. The summed E-state index contributed by atoms with van der Waals surface area (Å²) in [6.45, 7) is 0.558. The molecule has 0 aromatic heterocycles. The van der Waals surface area contributed by atoms with Crippen LogP contribution in [0.2, 0.25) is 0 Å². The van der Waals surface area contributed by atoms with Crippen molar-refractivity contribution in [2.75, 3.05) is 19.7 Å². The third-order valence-electron chi connectivity index (χ3n) is 3.25. The maximum Gasteiger partial charge on any atom is 0.254 e. The summed E-state index contributed by atoms with van der Waals surface area (Å²) in [6, 6.07) is 11.8. The molecule has 2 rings (SSSR count). The molecule has 0 atom stereocenters. The Balaban J connectivity index is 1.62. The lowest BCUT2D eigenvalue weighted by Crippen LogP contribution is -2.35. The van der Waals surface area contributed by atoms with Crippen LogP contribution >= 0.6 is 0 Å². The van der Waals surface area contributed by atoms with Gasteiger partial charge in [0.25, 0.3) is 5.91 Å². The van der Waals surface area contributed by atoms with E-state index in [1.54, 1.807) is 12.1 Å². The largest absolute Gasteiger partial charge is 0.493 e. The highest BCUT2D eigenvalue weighted by Crippen LogP contribution is 2.09. The van der Waals surface area contributed by atoms with Gasteiger partial charge in [-0.3, -0.25) is 9.59 Å². The summed E-state index contributed by atoms with van der Waals surface area (Å²) in [6.07, 6.45) is 0.176. The highest BCUT2D eigenvalue weighted by molar-refractivity contribution is 5.94. The van der Waals surface area contributed by atoms with Crippen LogP contribution in [0.25, 0.3) is 0 Å². The number of ether oxygens (including phenoxy) is 1. The third kappa shape index (κ3) is 6.21. The lowest BCUT2D eigenvalue weighted by atomic mass is 10.2. The van der Waals surface area contributed by atoms with Crippen LogP contribution in [0.15, 0.2) is 48.5 Å². The molecule has 25 heavy (non-hydrogen) atoms. The average molecular weight is 348 g/mol. The van der Waals surface area contributed by atoms with Crippen molar-refractivity contribution in [1.29, 1.82) is 0 Å². The Morgan fingerprint density at radius 3 is 2.40 bits per heavy atom. The van der Waals surface area contributed by atoms with Crippen LogP contribution in [0, 0.1) is 11.6 Å². The fourth-order valence-corrected chi connectivity index (χ4v) is 2.01. The number of amides is 2. The number of nitrogens with one attached hydrogen (secondary N) is 2. The molecule has 7 heteroatoms. The van der Waals surface area contributed by atoms with Crippen LogP contribution < -0.4 is 15.4 Å². The Labute approximate surface area is 144 Å². The number of carbonyl (C=O) groups excluding carboxylic acids is 2. The predicted octanol–water partition coefficient (Wildman–Crippen LogP) is 2.28. The normalized spacial score (nSPS) is 10.2. The number of para-hydroxylation sites is 1. The van der Waals surface area contributed by atoms with E-state index in [1.165, 1.54) is 0 Å². The maximum atomic E-state index is 13.4. The van der Waals surface area contributed by atoms with Crippen molar-refractivity contribution in [2.45, 2.75) is 6.42 Å². The molecular formula is C18H18F2N2O3. The molecule has 0 aliphatic heterocycles. The summed E-state index contributed by atoms with van der Waals surface area (Å²) in [7, 11) is 0. The number of carbonyl (C=O) groups is 2.